The molecule has 3 nitrogen and oxygen atoms in total. The van der Waals surface area contributed by atoms with Crippen LogP contribution < -0.4 is 5.32 Å². The predicted molar refractivity (Wildman–Crippen MR) is 85.3 cm³/mol. The Bertz CT molecular complexity index is 396. The highest BCUT2D eigenvalue weighted by Crippen LogP contribution is 2.09. The van der Waals surface area contributed by atoms with Gasteiger partial charge in [-0.05, 0) is 17.9 Å². The maximum absolute atomic E-state index is 11.7. The quantitative estimate of drug-likeness (QED) is 0.439. The van der Waals surface area contributed by atoms with E-state index >= 15 is 0 Å². The number of thioether (sulfide) groups is 2. The first-order chi connectivity index (χ1) is 9.26. The summed E-state index contributed by atoms with van der Waals surface area (Å²) in [6, 6.07) is 9.45. The maximum Gasteiger partial charge on any atom is 0.244 e. The Hall–Kier alpha value is -0.910. The molecule has 0 spiro atoms. The summed E-state index contributed by atoms with van der Waals surface area (Å²) in [5, 5.41) is 13.0. The topological polar surface area (TPSA) is 49.3 Å². The van der Waals surface area contributed by atoms with Gasteiger partial charge >= 0.3 is 0 Å². The molecule has 0 unspecified atom stereocenters. The van der Waals surface area contributed by atoms with Crippen LogP contribution >= 0.6 is 23.5 Å². The van der Waals surface area contributed by atoms with E-state index in [1.807, 2.05) is 36.6 Å². The molecule has 0 radical (unpaired) electrons. The van der Waals surface area contributed by atoms with Crippen molar-refractivity contribution < 1.29 is 9.90 Å². The third-order valence-electron chi connectivity index (χ3n) is 2.31. The molecule has 1 aromatic rings. The number of hydrogen-bond donors (Lipinski definition) is 2. The minimum atomic E-state index is -0.190. The van der Waals surface area contributed by atoms with Crippen LogP contribution in [0, 0.1) is 0 Å². The van der Waals surface area contributed by atoms with Gasteiger partial charge in [0.05, 0.1) is 12.6 Å². The highest BCUT2D eigenvalue weighted by Gasteiger charge is 2.09. The van der Waals surface area contributed by atoms with Gasteiger partial charge in [0.2, 0.25) is 5.91 Å². The van der Waals surface area contributed by atoms with E-state index in [0.29, 0.717) is 0 Å². The Labute approximate surface area is 122 Å². The fourth-order valence-electron chi connectivity index (χ4n) is 1.40. The van der Waals surface area contributed by atoms with Crippen molar-refractivity contribution in [2.75, 3.05) is 23.7 Å². The molecule has 1 atom stereocenters. The monoisotopic (exact) mass is 297 g/mol. The average Bonchev–Trinajstić information content (AvgIpc) is 2.45. The van der Waals surface area contributed by atoms with E-state index in [4.69, 9.17) is 0 Å². The van der Waals surface area contributed by atoms with Crippen molar-refractivity contribution in [3.63, 3.8) is 0 Å². The minimum absolute atomic E-state index is 0.0354. The zero-order chi connectivity index (χ0) is 13.9. The van der Waals surface area contributed by atoms with Crippen molar-refractivity contribution in [1.82, 2.24) is 5.32 Å². The molecule has 1 amide bonds. The van der Waals surface area contributed by atoms with Crippen LogP contribution in [0.1, 0.15) is 5.56 Å². The van der Waals surface area contributed by atoms with E-state index in [0.717, 1.165) is 16.4 Å². The zero-order valence-electron chi connectivity index (χ0n) is 10.9. The number of nitrogens with one attached hydrogen (secondary N) is 1. The molecule has 19 heavy (non-hydrogen) atoms. The van der Waals surface area contributed by atoms with Crippen molar-refractivity contribution >= 4 is 35.5 Å². The standard InChI is InChI=1S/C14H19NO2S2/c1-18-11-19-10-13(9-16)15-14(17)8-7-12-5-3-2-4-6-12/h2-8,13,16H,9-11H2,1H3,(H,15,17)/b8-7+/t13-/m0/s1. The van der Waals surface area contributed by atoms with Gasteiger partial charge in [-0.2, -0.15) is 11.8 Å². The number of amides is 1. The molecule has 0 bridgehead atoms. The minimum Gasteiger partial charge on any atom is -0.394 e. The average molecular weight is 297 g/mol. The number of carbonyl (C=O) groups is 1. The number of aliphatic hydroxyl groups is 1. The van der Waals surface area contributed by atoms with Crippen LogP contribution in [-0.4, -0.2) is 40.8 Å². The Balaban J connectivity index is 2.38. The van der Waals surface area contributed by atoms with Crippen molar-refractivity contribution in [2.45, 2.75) is 6.04 Å². The Morgan fingerprint density at radius 3 is 2.79 bits per heavy atom. The van der Waals surface area contributed by atoms with E-state index < -0.39 is 0 Å². The molecular weight excluding hydrogens is 278 g/mol. The lowest BCUT2D eigenvalue weighted by atomic mass is 10.2. The van der Waals surface area contributed by atoms with Gasteiger partial charge in [-0.1, -0.05) is 30.3 Å². The third-order valence-corrected chi connectivity index (χ3v) is 4.56. The van der Waals surface area contributed by atoms with Gasteiger partial charge < -0.3 is 10.4 Å². The SMILES string of the molecule is CSCSC[C@H](CO)NC(=O)/C=C/c1ccccc1. The summed E-state index contributed by atoms with van der Waals surface area (Å²) >= 11 is 3.44. The van der Waals surface area contributed by atoms with Crippen molar-refractivity contribution in [1.29, 1.82) is 0 Å². The molecule has 0 aliphatic carbocycles. The van der Waals surface area contributed by atoms with Gasteiger partial charge in [0.25, 0.3) is 0 Å². The lowest BCUT2D eigenvalue weighted by molar-refractivity contribution is -0.117. The second-order valence-corrected chi connectivity index (χ2v) is 6.17. The summed E-state index contributed by atoms with van der Waals surface area (Å²) in [5.41, 5.74) is 0.981. The summed E-state index contributed by atoms with van der Waals surface area (Å²) in [7, 11) is 0. The van der Waals surface area contributed by atoms with Crippen molar-refractivity contribution in [2.24, 2.45) is 0 Å². The van der Waals surface area contributed by atoms with Crippen LogP contribution in [0.4, 0.5) is 0 Å². The second kappa shape index (κ2) is 9.95. The summed E-state index contributed by atoms with van der Waals surface area (Å²) < 4.78 is 0. The lowest BCUT2D eigenvalue weighted by Gasteiger charge is -2.14. The fraction of sp³-hybridized carbons (Fsp3) is 0.357. The number of rotatable bonds is 8. The molecule has 0 saturated carbocycles. The molecule has 0 fully saturated rings. The van der Waals surface area contributed by atoms with Crippen molar-refractivity contribution in [3.8, 4) is 0 Å². The molecule has 1 rings (SSSR count). The van der Waals surface area contributed by atoms with E-state index in [-0.39, 0.29) is 18.6 Å². The number of hydrogen-bond acceptors (Lipinski definition) is 4. The Morgan fingerprint density at radius 1 is 1.42 bits per heavy atom. The predicted octanol–water partition coefficient (Wildman–Crippen LogP) is 2.23. The molecule has 1 aromatic carbocycles. The zero-order valence-corrected chi connectivity index (χ0v) is 12.5. The number of benzene rings is 1. The fourth-order valence-corrected chi connectivity index (χ4v) is 2.92. The summed E-state index contributed by atoms with van der Waals surface area (Å²) in [4.78, 5) is 11.7. The van der Waals surface area contributed by atoms with Crippen LogP contribution in [0.3, 0.4) is 0 Å². The normalized spacial score (nSPS) is 12.5. The van der Waals surface area contributed by atoms with Gasteiger partial charge in [-0.15, -0.1) is 11.8 Å². The molecule has 0 aliphatic heterocycles. The van der Waals surface area contributed by atoms with Crippen LogP contribution in [0.25, 0.3) is 6.08 Å². The van der Waals surface area contributed by atoms with E-state index in [2.05, 4.69) is 5.32 Å². The molecule has 104 valence electrons. The van der Waals surface area contributed by atoms with Gasteiger partial charge in [-0.25, -0.2) is 0 Å². The van der Waals surface area contributed by atoms with Crippen LogP contribution in [0.15, 0.2) is 36.4 Å². The molecular formula is C14H19NO2S2. The largest absolute Gasteiger partial charge is 0.394 e. The van der Waals surface area contributed by atoms with Gasteiger partial charge in [0.1, 0.15) is 0 Å². The first kappa shape index (κ1) is 16.1. The van der Waals surface area contributed by atoms with Gasteiger partial charge in [-0.3, -0.25) is 4.79 Å². The Morgan fingerprint density at radius 2 is 2.16 bits per heavy atom. The van der Waals surface area contributed by atoms with Crippen LogP contribution in [0.2, 0.25) is 0 Å². The van der Waals surface area contributed by atoms with Gasteiger partial charge in [0.15, 0.2) is 0 Å². The molecule has 2 N–H and O–H groups in total. The number of aliphatic hydroxyl groups excluding tert-OH is 1. The van der Waals surface area contributed by atoms with E-state index in [1.165, 1.54) is 6.08 Å². The number of carbonyl (C=O) groups excluding carboxylic acids is 1. The summed E-state index contributed by atoms with van der Waals surface area (Å²) in [6.45, 7) is -0.0354. The first-order valence-electron chi connectivity index (χ1n) is 5.97. The first-order valence-corrected chi connectivity index (χ1v) is 8.52. The van der Waals surface area contributed by atoms with Crippen LogP contribution in [0.5, 0.6) is 0 Å². The van der Waals surface area contributed by atoms with E-state index in [9.17, 15) is 9.90 Å². The summed E-state index contributed by atoms with van der Waals surface area (Å²) in [6.07, 6.45) is 5.29. The Kier molecular flexibility index (Phi) is 8.45. The van der Waals surface area contributed by atoms with Crippen LogP contribution in [-0.2, 0) is 4.79 Å². The molecule has 0 aromatic heterocycles. The molecule has 0 aliphatic rings. The third kappa shape index (κ3) is 7.30. The second-order valence-electron chi connectivity index (χ2n) is 3.91. The van der Waals surface area contributed by atoms with E-state index in [1.54, 1.807) is 29.6 Å². The highest BCUT2D eigenvalue weighted by molar-refractivity contribution is 8.15. The molecule has 0 heterocycles. The molecule has 5 heteroatoms. The maximum atomic E-state index is 11.7. The van der Waals surface area contributed by atoms with Crippen molar-refractivity contribution in [3.05, 3.63) is 42.0 Å². The lowest BCUT2D eigenvalue weighted by Crippen LogP contribution is -2.38. The highest BCUT2D eigenvalue weighted by atomic mass is 32.2. The summed E-state index contributed by atoms with van der Waals surface area (Å²) in [5.74, 6) is 0.551. The smallest absolute Gasteiger partial charge is 0.244 e. The molecule has 0 saturated heterocycles. The van der Waals surface area contributed by atoms with Gasteiger partial charge in [0, 0.05) is 16.9 Å².